The van der Waals surface area contributed by atoms with Crippen molar-refractivity contribution in [1.82, 2.24) is 14.0 Å². The Morgan fingerprint density at radius 3 is 2.59 bits per heavy atom. The quantitative estimate of drug-likeness (QED) is 0.748. The van der Waals surface area contributed by atoms with Crippen LogP contribution >= 0.6 is 0 Å². The Bertz CT molecular complexity index is 1060. The highest BCUT2D eigenvalue weighted by Crippen LogP contribution is 2.25. The van der Waals surface area contributed by atoms with E-state index in [-0.39, 0.29) is 10.8 Å². The standard InChI is InChI=1S/C19H20N4O3S/c24-19(21-22-14-20-16-10-4-5-11-17(16)22)18-12-6-7-13-23(18)27(25,26)15-8-2-1-3-9-15/h1-5,8-11,14,18H,6-7,12-13H2,(H,21,24). The van der Waals surface area contributed by atoms with Crippen LogP contribution in [0.4, 0.5) is 0 Å². The lowest BCUT2D eigenvalue weighted by Gasteiger charge is -2.33. The highest BCUT2D eigenvalue weighted by molar-refractivity contribution is 7.89. The molecule has 1 aromatic heterocycles. The minimum atomic E-state index is -3.73. The molecule has 0 radical (unpaired) electrons. The summed E-state index contributed by atoms with van der Waals surface area (Å²) in [6.45, 7) is 0.333. The molecule has 0 spiro atoms. The number of fused-ring (bicyclic) bond motifs is 1. The first-order valence-electron chi connectivity index (χ1n) is 8.87. The maximum atomic E-state index is 13.0. The van der Waals surface area contributed by atoms with E-state index < -0.39 is 16.1 Å². The van der Waals surface area contributed by atoms with Gasteiger partial charge in [0.2, 0.25) is 10.0 Å². The van der Waals surface area contributed by atoms with Gasteiger partial charge in [0.05, 0.1) is 15.9 Å². The molecule has 1 aliphatic heterocycles. The number of para-hydroxylation sites is 2. The fourth-order valence-corrected chi connectivity index (χ4v) is 5.10. The second-order valence-corrected chi connectivity index (χ2v) is 8.41. The van der Waals surface area contributed by atoms with E-state index in [1.807, 2.05) is 24.3 Å². The molecule has 1 fully saturated rings. The summed E-state index contributed by atoms with van der Waals surface area (Å²) in [5.41, 5.74) is 4.32. The molecule has 1 atom stereocenters. The van der Waals surface area contributed by atoms with E-state index >= 15 is 0 Å². The van der Waals surface area contributed by atoms with Gasteiger partial charge in [-0.15, -0.1) is 0 Å². The molecular formula is C19H20N4O3S. The highest BCUT2D eigenvalue weighted by atomic mass is 32.2. The Morgan fingerprint density at radius 2 is 1.78 bits per heavy atom. The molecule has 1 unspecified atom stereocenters. The summed E-state index contributed by atoms with van der Waals surface area (Å²) in [4.78, 5) is 17.4. The largest absolute Gasteiger partial charge is 0.271 e. The van der Waals surface area contributed by atoms with Crippen LogP contribution in [0.25, 0.3) is 11.0 Å². The molecule has 8 heteroatoms. The molecule has 2 heterocycles. The number of nitrogens with zero attached hydrogens (tertiary/aromatic N) is 3. The van der Waals surface area contributed by atoms with E-state index in [0.29, 0.717) is 13.0 Å². The average Bonchev–Trinajstić information content (AvgIpc) is 3.11. The molecule has 7 nitrogen and oxygen atoms in total. The third-order valence-corrected chi connectivity index (χ3v) is 6.71. The first kappa shape index (κ1) is 17.7. The van der Waals surface area contributed by atoms with Crippen LogP contribution in [0.1, 0.15) is 19.3 Å². The van der Waals surface area contributed by atoms with Crippen molar-refractivity contribution in [3.63, 3.8) is 0 Å². The van der Waals surface area contributed by atoms with E-state index in [2.05, 4.69) is 10.4 Å². The monoisotopic (exact) mass is 384 g/mol. The van der Waals surface area contributed by atoms with Crippen LogP contribution in [0.2, 0.25) is 0 Å². The molecule has 3 aromatic rings. The molecule has 1 N–H and O–H groups in total. The van der Waals surface area contributed by atoms with Crippen molar-refractivity contribution in [2.75, 3.05) is 12.0 Å². The van der Waals surface area contributed by atoms with Gasteiger partial charge in [-0.05, 0) is 37.1 Å². The smallest absolute Gasteiger partial charge is 0.257 e. The fourth-order valence-electron chi connectivity index (χ4n) is 3.42. The van der Waals surface area contributed by atoms with Gasteiger partial charge in [0.1, 0.15) is 12.4 Å². The molecule has 1 saturated heterocycles. The van der Waals surface area contributed by atoms with Crippen molar-refractivity contribution in [2.24, 2.45) is 0 Å². The number of hydrogen-bond donors (Lipinski definition) is 1. The van der Waals surface area contributed by atoms with Gasteiger partial charge in [0, 0.05) is 6.54 Å². The number of rotatable bonds is 4. The van der Waals surface area contributed by atoms with E-state index in [0.717, 1.165) is 23.9 Å². The van der Waals surface area contributed by atoms with E-state index in [9.17, 15) is 13.2 Å². The van der Waals surface area contributed by atoms with Crippen LogP contribution in [0.3, 0.4) is 0 Å². The number of imidazole rings is 1. The molecular weight excluding hydrogens is 364 g/mol. The predicted octanol–water partition coefficient (Wildman–Crippen LogP) is 2.35. The van der Waals surface area contributed by atoms with Gasteiger partial charge in [0.15, 0.2) is 0 Å². The zero-order valence-corrected chi connectivity index (χ0v) is 15.5. The van der Waals surface area contributed by atoms with Crippen LogP contribution in [0.5, 0.6) is 0 Å². The zero-order chi connectivity index (χ0) is 18.9. The normalized spacial score (nSPS) is 18.4. The Labute approximate surface area is 157 Å². The van der Waals surface area contributed by atoms with Crippen molar-refractivity contribution in [3.8, 4) is 0 Å². The summed E-state index contributed by atoms with van der Waals surface area (Å²) >= 11 is 0. The summed E-state index contributed by atoms with van der Waals surface area (Å²) in [6.07, 6.45) is 3.57. The number of carbonyl (C=O) groups is 1. The minimum Gasteiger partial charge on any atom is -0.271 e. The van der Waals surface area contributed by atoms with Crippen LogP contribution in [-0.2, 0) is 14.8 Å². The second-order valence-electron chi connectivity index (χ2n) is 6.52. The molecule has 2 aromatic carbocycles. The van der Waals surface area contributed by atoms with Crippen LogP contribution in [0.15, 0.2) is 65.8 Å². The lowest BCUT2D eigenvalue weighted by molar-refractivity contribution is -0.121. The van der Waals surface area contributed by atoms with Crippen molar-refractivity contribution in [2.45, 2.75) is 30.2 Å². The third kappa shape index (κ3) is 3.33. The molecule has 27 heavy (non-hydrogen) atoms. The number of carbonyl (C=O) groups excluding carboxylic acids is 1. The molecule has 4 rings (SSSR count). The van der Waals surface area contributed by atoms with Gasteiger partial charge < -0.3 is 0 Å². The number of benzene rings is 2. The number of nitrogens with one attached hydrogen (secondary N) is 1. The number of hydrogen-bond acceptors (Lipinski definition) is 4. The van der Waals surface area contributed by atoms with Gasteiger partial charge in [-0.3, -0.25) is 10.2 Å². The summed E-state index contributed by atoms with van der Waals surface area (Å²) in [6, 6.07) is 14.9. The topological polar surface area (TPSA) is 84.3 Å². The average molecular weight is 384 g/mol. The first-order valence-corrected chi connectivity index (χ1v) is 10.3. The van der Waals surface area contributed by atoms with E-state index in [1.54, 1.807) is 35.0 Å². The maximum Gasteiger partial charge on any atom is 0.257 e. The van der Waals surface area contributed by atoms with Gasteiger partial charge in [-0.2, -0.15) is 4.31 Å². The van der Waals surface area contributed by atoms with Crippen molar-refractivity contribution in [1.29, 1.82) is 0 Å². The summed E-state index contributed by atoms with van der Waals surface area (Å²) < 4.78 is 28.9. The van der Waals surface area contributed by atoms with Crippen LogP contribution in [0, 0.1) is 0 Å². The lowest BCUT2D eigenvalue weighted by atomic mass is 10.0. The van der Waals surface area contributed by atoms with Gasteiger partial charge in [-0.1, -0.05) is 36.8 Å². The number of aromatic nitrogens is 2. The van der Waals surface area contributed by atoms with Gasteiger partial charge >= 0.3 is 0 Å². The summed E-state index contributed by atoms with van der Waals surface area (Å²) in [5.74, 6) is -0.350. The molecule has 0 aliphatic carbocycles. The fraction of sp³-hybridized carbons (Fsp3) is 0.263. The zero-order valence-electron chi connectivity index (χ0n) is 14.7. The van der Waals surface area contributed by atoms with Crippen molar-refractivity contribution in [3.05, 3.63) is 60.9 Å². The molecule has 140 valence electrons. The Kier molecular flexibility index (Phi) is 4.67. The van der Waals surface area contributed by atoms with Gasteiger partial charge in [-0.25, -0.2) is 18.1 Å². The van der Waals surface area contributed by atoms with Crippen LogP contribution < -0.4 is 5.43 Å². The summed E-state index contributed by atoms with van der Waals surface area (Å²) in [7, 11) is -3.73. The second kappa shape index (κ2) is 7.13. The highest BCUT2D eigenvalue weighted by Gasteiger charge is 2.37. The predicted molar refractivity (Wildman–Crippen MR) is 102 cm³/mol. The SMILES string of the molecule is O=C(Nn1cnc2ccccc21)C1CCCCN1S(=O)(=O)c1ccccc1. The van der Waals surface area contributed by atoms with E-state index in [1.165, 1.54) is 10.6 Å². The summed E-state index contributed by atoms with van der Waals surface area (Å²) in [5, 5.41) is 0. The third-order valence-electron chi connectivity index (χ3n) is 4.79. The Hall–Kier alpha value is -2.71. The first-order chi connectivity index (χ1) is 13.1. The molecule has 1 aliphatic rings. The van der Waals surface area contributed by atoms with Crippen molar-refractivity contribution < 1.29 is 13.2 Å². The van der Waals surface area contributed by atoms with Gasteiger partial charge in [0.25, 0.3) is 5.91 Å². The minimum absolute atomic E-state index is 0.206. The number of sulfonamides is 1. The maximum absolute atomic E-state index is 13.0. The van der Waals surface area contributed by atoms with Crippen molar-refractivity contribution >= 4 is 27.0 Å². The number of piperidine rings is 1. The Balaban J connectivity index is 1.61. The van der Waals surface area contributed by atoms with Crippen LogP contribution in [-0.4, -0.2) is 40.9 Å². The molecule has 1 amide bonds. The lowest BCUT2D eigenvalue weighted by Crippen LogP contribution is -2.51. The number of amides is 1. The molecule has 0 bridgehead atoms. The molecule has 0 saturated carbocycles. The van der Waals surface area contributed by atoms with E-state index in [4.69, 9.17) is 0 Å². The Morgan fingerprint density at radius 1 is 1.04 bits per heavy atom.